The Morgan fingerprint density at radius 3 is 2.47 bits per heavy atom. The normalized spacial score (nSPS) is 12.1. The molecular weight excluding hydrogens is 214 g/mol. The van der Waals surface area contributed by atoms with Gasteiger partial charge in [0.2, 0.25) is 0 Å². The Kier molecular flexibility index (Phi) is 3.41. The van der Waals surface area contributed by atoms with E-state index in [1.807, 2.05) is 13.8 Å². The third-order valence-electron chi connectivity index (χ3n) is 1.93. The summed E-state index contributed by atoms with van der Waals surface area (Å²) in [5.74, 6) is 0.616. The SMILES string of the molecule is CC(C)c1ncc(CN)c(S(C)(=O)=O)n1. The molecule has 2 N–H and O–H groups in total. The molecule has 0 atom stereocenters. The predicted molar refractivity (Wildman–Crippen MR) is 57.1 cm³/mol. The Labute approximate surface area is 89.7 Å². The molecule has 1 aromatic rings. The fourth-order valence-corrected chi connectivity index (χ4v) is 2.01. The summed E-state index contributed by atoms with van der Waals surface area (Å²) in [6, 6.07) is 0. The lowest BCUT2D eigenvalue weighted by Crippen LogP contribution is -2.12. The third-order valence-corrected chi connectivity index (χ3v) is 2.99. The van der Waals surface area contributed by atoms with Gasteiger partial charge in [-0.05, 0) is 0 Å². The lowest BCUT2D eigenvalue weighted by atomic mass is 10.2. The van der Waals surface area contributed by atoms with Gasteiger partial charge < -0.3 is 5.73 Å². The number of nitrogens with two attached hydrogens (primary N) is 1. The van der Waals surface area contributed by atoms with Gasteiger partial charge in [-0.25, -0.2) is 18.4 Å². The van der Waals surface area contributed by atoms with E-state index < -0.39 is 9.84 Å². The minimum atomic E-state index is -3.33. The molecule has 0 bridgehead atoms. The Morgan fingerprint density at radius 2 is 2.07 bits per heavy atom. The van der Waals surface area contributed by atoms with Crippen LogP contribution in [0.4, 0.5) is 0 Å². The summed E-state index contributed by atoms with van der Waals surface area (Å²) in [5, 5.41) is 0.0451. The van der Waals surface area contributed by atoms with Crippen molar-refractivity contribution in [2.45, 2.75) is 31.3 Å². The summed E-state index contributed by atoms with van der Waals surface area (Å²) < 4.78 is 22.9. The van der Waals surface area contributed by atoms with Crippen molar-refractivity contribution in [1.82, 2.24) is 9.97 Å². The van der Waals surface area contributed by atoms with Crippen LogP contribution in [0.25, 0.3) is 0 Å². The van der Waals surface area contributed by atoms with Gasteiger partial charge in [0.15, 0.2) is 14.9 Å². The molecule has 5 nitrogen and oxygen atoms in total. The molecule has 1 rings (SSSR count). The summed E-state index contributed by atoms with van der Waals surface area (Å²) in [4.78, 5) is 8.10. The maximum Gasteiger partial charge on any atom is 0.193 e. The predicted octanol–water partition coefficient (Wildman–Crippen LogP) is 0.462. The van der Waals surface area contributed by atoms with E-state index in [4.69, 9.17) is 5.73 Å². The summed E-state index contributed by atoms with van der Waals surface area (Å²) in [6.45, 7) is 3.94. The van der Waals surface area contributed by atoms with E-state index in [-0.39, 0.29) is 17.5 Å². The molecule has 0 saturated carbocycles. The van der Waals surface area contributed by atoms with Crippen molar-refractivity contribution in [3.63, 3.8) is 0 Å². The summed E-state index contributed by atoms with van der Waals surface area (Å²) in [6.07, 6.45) is 2.61. The highest BCUT2D eigenvalue weighted by Gasteiger charge is 2.16. The average molecular weight is 229 g/mol. The highest BCUT2D eigenvalue weighted by molar-refractivity contribution is 7.90. The summed E-state index contributed by atoms with van der Waals surface area (Å²) >= 11 is 0. The van der Waals surface area contributed by atoms with Gasteiger partial charge in [0.25, 0.3) is 0 Å². The van der Waals surface area contributed by atoms with E-state index >= 15 is 0 Å². The first-order chi connectivity index (χ1) is 6.86. The molecule has 0 unspecified atom stereocenters. The second kappa shape index (κ2) is 4.24. The topological polar surface area (TPSA) is 85.9 Å². The molecule has 6 heteroatoms. The smallest absolute Gasteiger partial charge is 0.193 e. The molecule has 0 radical (unpaired) electrons. The number of rotatable bonds is 3. The molecule has 0 aliphatic rings. The fraction of sp³-hybridized carbons (Fsp3) is 0.556. The minimum Gasteiger partial charge on any atom is -0.326 e. The Balaban J connectivity index is 3.39. The van der Waals surface area contributed by atoms with Crippen molar-refractivity contribution in [3.8, 4) is 0 Å². The molecule has 15 heavy (non-hydrogen) atoms. The zero-order valence-corrected chi connectivity index (χ0v) is 9.87. The van der Waals surface area contributed by atoms with Crippen molar-refractivity contribution in [3.05, 3.63) is 17.6 Å². The first-order valence-electron chi connectivity index (χ1n) is 4.62. The molecule has 1 aromatic heterocycles. The van der Waals surface area contributed by atoms with Crippen LogP contribution >= 0.6 is 0 Å². The molecule has 0 spiro atoms. The number of hydrogen-bond donors (Lipinski definition) is 1. The van der Waals surface area contributed by atoms with Crippen LogP contribution in [0.1, 0.15) is 31.2 Å². The van der Waals surface area contributed by atoms with E-state index in [1.165, 1.54) is 6.20 Å². The zero-order chi connectivity index (χ0) is 11.6. The van der Waals surface area contributed by atoms with Gasteiger partial charge >= 0.3 is 0 Å². The van der Waals surface area contributed by atoms with Crippen LogP contribution in [0.5, 0.6) is 0 Å². The number of nitrogens with zero attached hydrogens (tertiary/aromatic N) is 2. The Bertz CT molecular complexity index is 454. The van der Waals surface area contributed by atoms with E-state index in [9.17, 15) is 8.42 Å². The average Bonchev–Trinajstić information content (AvgIpc) is 2.15. The van der Waals surface area contributed by atoms with Crippen molar-refractivity contribution in [2.75, 3.05) is 6.26 Å². The molecule has 1 heterocycles. The molecule has 0 saturated heterocycles. The van der Waals surface area contributed by atoms with Crippen LogP contribution in [-0.4, -0.2) is 24.6 Å². The van der Waals surface area contributed by atoms with Crippen LogP contribution in [0.3, 0.4) is 0 Å². The lowest BCUT2D eigenvalue weighted by molar-refractivity contribution is 0.593. The van der Waals surface area contributed by atoms with Gasteiger partial charge in [0.05, 0.1) is 0 Å². The van der Waals surface area contributed by atoms with E-state index in [1.54, 1.807) is 0 Å². The van der Waals surface area contributed by atoms with Crippen LogP contribution in [0, 0.1) is 0 Å². The maximum atomic E-state index is 11.4. The Hall–Kier alpha value is -1.01. The van der Waals surface area contributed by atoms with Crippen LogP contribution in [-0.2, 0) is 16.4 Å². The summed E-state index contributed by atoms with van der Waals surface area (Å²) in [7, 11) is -3.33. The molecule has 0 amide bonds. The molecule has 0 aromatic carbocycles. The second-order valence-electron chi connectivity index (χ2n) is 3.69. The standard InChI is InChI=1S/C9H15N3O2S/c1-6(2)8-11-5-7(4-10)9(12-8)15(3,13)14/h5-6H,4,10H2,1-3H3. The third kappa shape index (κ3) is 2.73. The molecular formula is C9H15N3O2S. The first-order valence-corrected chi connectivity index (χ1v) is 6.51. The highest BCUT2D eigenvalue weighted by atomic mass is 32.2. The molecule has 0 aliphatic carbocycles. The number of sulfone groups is 1. The van der Waals surface area contributed by atoms with E-state index in [2.05, 4.69) is 9.97 Å². The van der Waals surface area contributed by atoms with Gasteiger partial charge in [0, 0.05) is 30.5 Å². The Morgan fingerprint density at radius 1 is 1.47 bits per heavy atom. The monoisotopic (exact) mass is 229 g/mol. The van der Waals surface area contributed by atoms with Crippen LogP contribution in [0.2, 0.25) is 0 Å². The highest BCUT2D eigenvalue weighted by Crippen LogP contribution is 2.15. The van der Waals surface area contributed by atoms with Gasteiger partial charge in [0.1, 0.15) is 5.82 Å². The minimum absolute atomic E-state index is 0.0451. The van der Waals surface area contributed by atoms with E-state index in [0.29, 0.717) is 11.4 Å². The van der Waals surface area contributed by atoms with Gasteiger partial charge in [-0.3, -0.25) is 0 Å². The van der Waals surface area contributed by atoms with Gasteiger partial charge in [-0.1, -0.05) is 13.8 Å². The zero-order valence-electron chi connectivity index (χ0n) is 9.06. The van der Waals surface area contributed by atoms with Crippen LogP contribution in [0.15, 0.2) is 11.2 Å². The van der Waals surface area contributed by atoms with Crippen molar-refractivity contribution in [1.29, 1.82) is 0 Å². The van der Waals surface area contributed by atoms with Crippen molar-refractivity contribution < 1.29 is 8.42 Å². The van der Waals surface area contributed by atoms with E-state index in [0.717, 1.165) is 6.26 Å². The van der Waals surface area contributed by atoms with Gasteiger partial charge in [-0.15, -0.1) is 0 Å². The van der Waals surface area contributed by atoms with Crippen molar-refractivity contribution in [2.24, 2.45) is 5.73 Å². The largest absolute Gasteiger partial charge is 0.326 e. The first kappa shape index (κ1) is 12.1. The van der Waals surface area contributed by atoms with Crippen LogP contribution < -0.4 is 5.73 Å². The van der Waals surface area contributed by atoms with Crippen molar-refractivity contribution >= 4 is 9.84 Å². The molecule has 0 fully saturated rings. The second-order valence-corrected chi connectivity index (χ2v) is 5.62. The molecule has 0 aliphatic heterocycles. The molecule has 84 valence electrons. The number of aromatic nitrogens is 2. The fourth-order valence-electron chi connectivity index (χ4n) is 1.14. The quantitative estimate of drug-likeness (QED) is 0.761. The maximum absolute atomic E-state index is 11.4. The number of hydrogen-bond acceptors (Lipinski definition) is 5. The summed E-state index contributed by atoms with van der Waals surface area (Å²) in [5.41, 5.74) is 5.89. The van der Waals surface area contributed by atoms with Gasteiger partial charge in [-0.2, -0.15) is 0 Å². The lowest BCUT2D eigenvalue weighted by Gasteiger charge is -2.08.